The quantitative estimate of drug-likeness (QED) is 0.830. The second-order valence-corrected chi connectivity index (χ2v) is 3.54. The number of aliphatic hydroxyl groups is 1. The third-order valence-corrected chi connectivity index (χ3v) is 2.08. The van der Waals surface area contributed by atoms with E-state index in [1.165, 1.54) is 18.5 Å². The van der Waals surface area contributed by atoms with Gasteiger partial charge in [0.2, 0.25) is 0 Å². The van der Waals surface area contributed by atoms with Crippen molar-refractivity contribution >= 4 is 0 Å². The summed E-state index contributed by atoms with van der Waals surface area (Å²) in [5.41, 5.74) is 0.543. The fourth-order valence-electron chi connectivity index (χ4n) is 1.40. The molecular formula is C10H14F3NO. The van der Waals surface area contributed by atoms with Crippen LogP contribution in [0.4, 0.5) is 13.2 Å². The van der Waals surface area contributed by atoms with Crippen LogP contribution < -0.4 is 0 Å². The minimum Gasteiger partial charge on any atom is -0.388 e. The molecule has 0 aliphatic carbocycles. The Morgan fingerprint density at radius 1 is 1.47 bits per heavy atom. The van der Waals surface area contributed by atoms with Gasteiger partial charge in [-0.25, -0.2) is 0 Å². The Balaban J connectivity index is 2.64. The number of nitrogens with zero attached hydrogens (tertiary/aromatic N) is 1. The van der Waals surface area contributed by atoms with Gasteiger partial charge >= 0.3 is 6.18 Å². The van der Waals surface area contributed by atoms with Crippen molar-refractivity contribution in [2.75, 3.05) is 0 Å². The summed E-state index contributed by atoms with van der Waals surface area (Å²) in [6, 6.07) is 1.52. The summed E-state index contributed by atoms with van der Waals surface area (Å²) in [4.78, 5) is 0. The summed E-state index contributed by atoms with van der Waals surface area (Å²) in [7, 11) is 0. The predicted molar refractivity (Wildman–Crippen MR) is 50.4 cm³/mol. The highest BCUT2D eigenvalue weighted by atomic mass is 19.4. The molecule has 5 heteroatoms. The summed E-state index contributed by atoms with van der Waals surface area (Å²) in [5.74, 6) is 0. The Morgan fingerprint density at radius 3 is 2.67 bits per heavy atom. The van der Waals surface area contributed by atoms with Gasteiger partial charge in [-0.3, -0.25) is 0 Å². The van der Waals surface area contributed by atoms with Gasteiger partial charge in [0.1, 0.15) is 6.54 Å². The Bertz CT molecular complexity index is 306. The molecule has 0 fully saturated rings. The fraction of sp³-hybridized carbons (Fsp3) is 0.600. The Kier molecular flexibility index (Phi) is 3.79. The maximum absolute atomic E-state index is 12.0. The van der Waals surface area contributed by atoms with Crippen LogP contribution in [0.3, 0.4) is 0 Å². The van der Waals surface area contributed by atoms with Gasteiger partial charge in [0, 0.05) is 12.4 Å². The smallest absolute Gasteiger partial charge is 0.388 e. The van der Waals surface area contributed by atoms with Crippen LogP contribution in [-0.4, -0.2) is 15.8 Å². The molecule has 1 aromatic heterocycles. The number of aliphatic hydroxyl groups excluding tert-OH is 1. The van der Waals surface area contributed by atoms with Crippen LogP contribution in [0.15, 0.2) is 18.5 Å². The van der Waals surface area contributed by atoms with Crippen molar-refractivity contribution < 1.29 is 18.3 Å². The molecule has 0 aliphatic heterocycles. The lowest BCUT2D eigenvalue weighted by Gasteiger charge is -2.08. The van der Waals surface area contributed by atoms with Crippen LogP contribution >= 0.6 is 0 Å². The molecule has 1 heterocycles. The first-order chi connectivity index (χ1) is 6.92. The molecule has 2 nitrogen and oxygen atoms in total. The molecule has 1 rings (SSSR count). The van der Waals surface area contributed by atoms with E-state index in [4.69, 9.17) is 0 Å². The van der Waals surface area contributed by atoms with Gasteiger partial charge < -0.3 is 9.67 Å². The van der Waals surface area contributed by atoms with Crippen LogP contribution in [-0.2, 0) is 6.54 Å². The molecular weight excluding hydrogens is 207 g/mol. The number of halogens is 3. The molecule has 0 spiro atoms. The fourth-order valence-corrected chi connectivity index (χ4v) is 1.40. The molecule has 0 saturated carbocycles. The standard InChI is InChI=1S/C10H14F3NO/c1-2-3-9(15)8-4-5-14(6-8)7-10(11,12)13/h4-6,9,15H,2-3,7H2,1H3. The lowest BCUT2D eigenvalue weighted by atomic mass is 10.1. The lowest BCUT2D eigenvalue weighted by molar-refractivity contribution is -0.140. The Morgan fingerprint density at radius 2 is 2.13 bits per heavy atom. The number of rotatable bonds is 4. The first kappa shape index (κ1) is 12.1. The second-order valence-electron chi connectivity index (χ2n) is 3.54. The average Bonchev–Trinajstić information content (AvgIpc) is 2.50. The summed E-state index contributed by atoms with van der Waals surface area (Å²) < 4.78 is 37.1. The maximum Gasteiger partial charge on any atom is 0.406 e. The summed E-state index contributed by atoms with van der Waals surface area (Å²) in [6.45, 7) is 0.905. The highest BCUT2D eigenvalue weighted by Crippen LogP contribution is 2.21. The van der Waals surface area contributed by atoms with Crippen molar-refractivity contribution in [3.8, 4) is 0 Å². The zero-order valence-electron chi connectivity index (χ0n) is 8.46. The number of hydrogen-bond donors (Lipinski definition) is 1. The van der Waals surface area contributed by atoms with Crippen molar-refractivity contribution in [2.45, 2.75) is 38.6 Å². The van der Waals surface area contributed by atoms with Crippen LogP contribution in [0.5, 0.6) is 0 Å². The van der Waals surface area contributed by atoms with Crippen LogP contribution in [0.25, 0.3) is 0 Å². The summed E-state index contributed by atoms with van der Waals surface area (Å²) in [6.07, 6.45) is -0.840. The van der Waals surface area contributed by atoms with Gasteiger partial charge in [0.25, 0.3) is 0 Å². The zero-order valence-corrected chi connectivity index (χ0v) is 8.46. The summed E-state index contributed by atoms with van der Waals surface area (Å²) in [5, 5.41) is 9.54. The van der Waals surface area contributed by atoms with E-state index in [0.717, 1.165) is 11.0 Å². The maximum atomic E-state index is 12.0. The SMILES string of the molecule is CCCC(O)c1ccn(CC(F)(F)F)c1. The molecule has 0 aromatic carbocycles. The highest BCUT2D eigenvalue weighted by molar-refractivity contribution is 5.13. The lowest BCUT2D eigenvalue weighted by Crippen LogP contribution is -2.16. The molecule has 0 radical (unpaired) electrons. The largest absolute Gasteiger partial charge is 0.406 e. The molecule has 1 atom stereocenters. The first-order valence-electron chi connectivity index (χ1n) is 4.83. The van der Waals surface area contributed by atoms with Crippen molar-refractivity contribution in [1.82, 2.24) is 4.57 Å². The number of alkyl halides is 3. The third-order valence-electron chi connectivity index (χ3n) is 2.08. The Labute approximate surface area is 86.3 Å². The van der Waals surface area contributed by atoms with Gasteiger partial charge in [-0.2, -0.15) is 13.2 Å². The molecule has 86 valence electrons. The van der Waals surface area contributed by atoms with E-state index in [1.807, 2.05) is 6.92 Å². The van der Waals surface area contributed by atoms with E-state index in [2.05, 4.69) is 0 Å². The van der Waals surface area contributed by atoms with E-state index < -0.39 is 18.8 Å². The van der Waals surface area contributed by atoms with Crippen molar-refractivity contribution in [2.24, 2.45) is 0 Å². The molecule has 0 amide bonds. The van der Waals surface area contributed by atoms with Crippen LogP contribution in [0, 0.1) is 0 Å². The minimum atomic E-state index is -4.22. The van der Waals surface area contributed by atoms with Gasteiger partial charge in [-0.15, -0.1) is 0 Å². The van der Waals surface area contributed by atoms with Gasteiger partial charge in [-0.1, -0.05) is 13.3 Å². The molecule has 0 bridgehead atoms. The van der Waals surface area contributed by atoms with Crippen LogP contribution in [0.2, 0.25) is 0 Å². The molecule has 1 N–H and O–H groups in total. The predicted octanol–water partition coefficient (Wildman–Crippen LogP) is 2.88. The van der Waals surface area contributed by atoms with E-state index in [9.17, 15) is 18.3 Å². The third kappa shape index (κ3) is 3.95. The van der Waals surface area contributed by atoms with Gasteiger partial charge in [0.15, 0.2) is 0 Å². The van der Waals surface area contributed by atoms with E-state index in [1.54, 1.807) is 0 Å². The van der Waals surface area contributed by atoms with Gasteiger partial charge in [-0.05, 0) is 18.1 Å². The first-order valence-corrected chi connectivity index (χ1v) is 4.83. The molecule has 15 heavy (non-hydrogen) atoms. The number of hydrogen-bond acceptors (Lipinski definition) is 1. The number of aromatic nitrogens is 1. The molecule has 1 unspecified atom stereocenters. The zero-order chi connectivity index (χ0) is 11.5. The average molecular weight is 221 g/mol. The second kappa shape index (κ2) is 4.70. The highest BCUT2D eigenvalue weighted by Gasteiger charge is 2.27. The minimum absolute atomic E-state index is 0.543. The molecule has 1 aromatic rings. The van der Waals surface area contributed by atoms with E-state index in [0.29, 0.717) is 12.0 Å². The molecule has 0 saturated heterocycles. The molecule has 0 aliphatic rings. The Hall–Kier alpha value is -0.970. The summed E-state index contributed by atoms with van der Waals surface area (Å²) >= 11 is 0. The van der Waals surface area contributed by atoms with Crippen molar-refractivity contribution in [3.63, 3.8) is 0 Å². The monoisotopic (exact) mass is 221 g/mol. The van der Waals surface area contributed by atoms with E-state index in [-0.39, 0.29) is 0 Å². The van der Waals surface area contributed by atoms with Crippen LogP contribution in [0.1, 0.15) is 31.4 Å². The normalized spacial score (nSPS) is 14.2. The topological polar surface area (TPSA) is 25.2 Å². The van der Waals surface area contributed by atoms with E-state index >= 15 is 0 Å². The van der Waals surface area contributed by atoms with Gasteiger partial charge in [0.05, 0.1) is 6.10 Å². The van der Waals surface area contributed by atoms with Crippen molar-refractivity contribution in [1.29, 1.82) is 0 Å². The van der Waals surface area contributed by atoms with Crippen molar-refractivity contribution in [3.05, 3.63) is 24.0 Å².